The number of ether oxygens (including phenoxy) is 1. The molecule has 2 aromatic rings. The Morgan fingerprint density at radius 1 is 1.03 bits per heavy atom. The van der Waals surface area contributed by atoms with E-state index in [0.29, 0.717) is 25.2 Å². The van der Waals surface area contributed by atoms with E-state index in [1.54, 1.807) is 6.92 Å². The largest absolute Gasteiger partial charge is 0.480 e. The molecule has 0 heterocycles. The fourth-order valence-electron chi connectivity index (χ4n) is 5.18. The van der Waals surface area contributed by atoms with E-state index in [2.05, 4.69) is 41.8 Å². The zero-order valence-electron chi connectivity index (χ0n) is 20.4. The van der Waals surface area contributed by atoms with Crippen LogP contribution < -0.4 is 10.6 Å². The molecule has 1 unspecified atom stereocenters. The van der Waals surface area contributed by atoms with Crippen LogP contribution in [0.15, 0.2) is 48.5 Å². The average molecular weight is 479 g/mol. The summed E-state index contributed by atoms with van der Waals surface area (Å²) in [7, 11) is 0. The van der Waals surface area contributed by atoms with Gasteiger partial charge in [0.15, 0.2) is 0 Å². The number of carboxylic acids is 1. The first-order valence-electron chi connectivity index (χ1n) is 12.4. The lowest BCUT2D eigenvalue weighted by atomic mass is 9.77. The summed E-state index contributed by atoms with van der Waals surface area (Å²) < 4.78 is 5.53. The van der Waals surface area contributed by atoms with E-state index in [1.807, 2.05) is 24.3 Å². The van der Waals surface area contributed by atoms with Crippen LogP contribution in [0.4, 0.5) is 4.79 Å². The Balaban J connectivity index is 1.25. The van der Waals surface area contributed by atoms with Gasteiger partial charge in [-0.15, -0.1) is 0 Å². The molecule has 0 spiro atoms. The van der Waals surface area contributed by atoms with Crippen LogP contribution >= 0.6 is 0 Å². The Labute approximate surface area is 206 Å². The van der Waals surface area contributed by atoms with Crippen molar-refractivity contribution in [2.24, 2.45) is 11.8 Å². The lowest BCUT2D eigenvalue weighted by molar-refractivity contribution is -0.150. The topological polar surface area (TPSA) is 105 Å². The number of hydrogen-bond acceptors (Lipinski definition) is 4. The molecule has 2 aromatic carbocycles. The van der Waals surface area contributed by atoms with Gasteiger partial charge in [-0.05, 0) is 60.3 Å². The highest BCUT2D eigenvalue weighted by Gasteiger charge is 2.43. The molecule has 0 bridgehead atoms. The van der Waals surface area contributed by atoms with Gasteiger partial charge in [0, 0.05) is 18.4 Å². The van der Waals surface area contributed by atoms with Crippen LogP contribution in [0.1, 0.15) is 63.0 Å². The van der Waals surface area contributed by atoms with Gasteiger partial charge in [0.25, 0.3) is 0 Å². The van der Waals surface area contributed by atoms with E-state index >= 15 is 0 Å². The van der Waals surface area contributed by atoms with Crippen LogP contribution in [0.5, 0.6) is 0 Å². The Bertz CT molecular complexity index is 1040. The number of carbonyl (C=O) groups is 3. The van der Waals surface area contributed by atoms with Gasteiger partial charge >= 0.3 is 12.1 Å². The Kier molecular flexibility index (Phi) is 7.43. The Morgan fingerprint density at radius 2 is 1.60 bits per heavy atom. The van der Waals surface area contributed by atoms with E-state index in [1.165, 1.54) is 11.1 Å². The SMILES string of the molecule is CC1CCC(NC(=O)C(C)CCNC(=O)OCC2c3ccccc3-c3ccccc32)(C(=O)O)CC1. The molecule has 1 saturated carbocycles. The highest BCUT2D eigenvalue weighted by Crippen LogP contribution is 2.44. The number of fused-ring (bicyclic) bond motifs is 3. The molecule has 2 amide bonds. The van der Waals surface area contributed by atoms with E-state index < -0.39 is 23.5 Å². The predicted octanol–water partition coefficient (Wildman–Crippen LogP) is 4.70. The first kappa shape index (κ1) is 24.8. The minimum atomic E-state index is -1.18. The first-order valence-corrected chi connectivity index (χ1v) is 12.4. The lowest BCUT2D eigenvalue weighted by Gasteiger charge is -2.37. The van der Waals surface area contributed by atoms with Crippen LogP contribution in [0.2, 0.25) is 0 Å². The summed E-state index contributed by atoms with van der Waals surface area (Å²) in [6.07, 6.45) is 2.32. The normalized spacial score (nSPS) is 21.9. The third-order valence-corrected chi connectivity index (χ3v) is 7.54. The molecular formula is C28H34N2O5. The molecule has 3 N–H and O–H groups in total. The predicted molar refractivity (Wildman–Crippen MR) is 133 cm³/mol. The van der Waals surface area contributed by atoms with Gasteiger partial charge in [-0.3, -0.25) is 4.79 Å². The van der Waals surface area contributed by atoms with Gasteiger partial charge in [0.05, 0.1) is 0 Å². The Morgan fingerprint density at radius 3 is 2.17 bits per heavy atom. The number of carboxylic acid groups (broad SMARTS) is 1. The molecule has 0 saturated heterocycles. The van der Waals surface area contributed by atoms with Crippen molar-refractivity contribution in [1.29, 1.82) is 0 Å². The van der Waals surface area contributed by atoms with Crippen molar-refractivity contribution in [2.45, 2.75) is 57.4 Å². The van der Waals surface area contributed by atoms with Gasteiger partial charge in [0.2, 0.25) is 5.91 Å². The summed E-state index contributed by atoms with van der Waals surface area (Å²) in [5, 5.41) is 15.3. The first-order chi connectivity index (χ1) is 16.8. The second kappa shape index (κ2) is 10.5. The van der Waals surface area contributed by atoms with Crippen molar-refractivity contribution in [1.82, 2.24) is 10.6 Å². The molecule has 1 atom stereocenters. The third-order valence-electron chi connectivity index (χ3n) is 7.54. The molecule has 2 aliphatic carbocycles. The zero-order valence-corrected chi connectivity index (χ0v) is 20.4. The lowest BCUT2D eigenvalue weighted by Crippen LogP contribution is -2.57. The fourth-order valence-corrected chi connectivity index (χ4v) is 5.18. The molecule has 1 fully saturated rings. The highest BCUT2D eigenvalue weighted by molar-refractivity contribution is 5.88. The van der Waals surface area contributed by atoms with Crippen LogP contribution in [0.25, 0.3) is 11.1 Å². The molecule has 35 heavy (non-hydrogen) atoms. The van der Waals surface area contributed by atoms with Gasteiger partial charge < -0.3 is 20.5 Å². The summed E-state index contributed by atoms with van der Waals surface area (Å²) in [5.74, 6) is -1.24. The quantitative estimate of drug-likeness (QED) is 0.510. The molecular weight excluding hydrogens is 444 g/mol. The van der Waals surface area contributed by atoms with Crippen molar-refractivity contribution in [3.63, 3.8) is 0 Å². The van der Waals surface area contributed by atoms with Crippen molar-refractivity contribution >= 4 is 18.0 Å². The van der Waals surface area contributed by atoms with Crippen molar-refractivity contribution < 1.29 is 24.2 Å². The summed E-state index contributed by atoms with van der Waals surface area (Å²) in [6.45, 7) is 4.35. The van der Waals surface area contributed by atoms with E-state index in [0.717, 1.165) is 24.0 Å². The summed E-state index contributed by atoms with van der Waals surface area (Å²) >= 11 is 0. The molecule has 2 aliphatic rings. The number of alkyl carbamates (subject to hydrolysis) is 1. The number of amides is 2. The summed E-state index contributed by atoms with van der Waals surface area (Å²) in [5.41, 5.74) is 3.46. The second-order valence-corrected chi connectivity index (χ2v) is 10.0. The molecule has 7 nitrogen and oxygen atoms in total. The van der Waals surface area contributed by atoms with Crippen molar-refractivity contribution in [3.05, 3.63) is 59.7 Å². The fraction of sp³-hybridized carbons (Fsp3) is 0.464. The third kappa shape index (κ3) is 5.34. The molecule has 0 aromatic heterocycles. The van der Waals surface area contributed by atoms with Crippen LogP contribution in [0, 0.1) is 11.8 Å². The van der Waals surface area contributed by atoms with Gasteiger partial charge in [-0.1, -0.05) is 62.4 Å². The van der Waals surface area contributed by atoms with Crippen LogP contribution in [-0.2, 0) is 14.3 Å². The number of rotatable bonds is 8. The monoisotopic (exact) mass is 478 g/mol. The van der Waals surface area contributed by atoms with Gasteiger partial charge in [-0.25, -0.2) is 9.59 Å². The van der Waals surface area contributed by atoms with E-state index in [4.69, 9.17) is 4.74 Å². The number of carbonyl (C=O) groups excluding carboxylic acids is 2. The molecule has 0 aliphatic heterocycles. The highest BCUT2D eigenvalue weighted by atomic mass is 16.5. The minimum Gasteiger partial charge on any atom is -0.480 e. The smallest absolute Gasteiger partial charge is 0.407 e. The number of benzene rings is 2. The molecule has 0 radical (unpaired) electrons. The van der Waals surface area contributed by atoms with Crippen molar-refractivity contribution in [2.75, 3.05) is 13.2 Å². The maximum atomic E-state index is 12.7. The molecule has 4 rings (SSSR count). The van der Waals surface area contributed by atoms with Gasteiger partial charge in [-0.2, -0.15) is 0 Å². The van der Waals surface area contributed by atoms with Gasteiger partial charge in [0.1, 0.15) is 12.1 Å². The zero-order chi connectivity index (χ0) is 25.0. The summed E-state index contributed by atoms with van der Waals surface area (Å²) in [4.78, 5) is 36.9. The number of hydrogen-bond donors (Lipinski definition) is 3. The Hall–Kier alpha value is -3.35. The molecule has 7 heteroatoms. The maximum Gasteiger partial charge on any atom is 0.407 e. The maximum absolute atomic E-state index is 12.7. The standard InChI is InChI=1S/C28H34N2O5/c1-18-11-14-28(15-12-18,26(32)33)30-25(31)19(2)13-16-29-27(34)35-17-24-22-9-5-3-7-20(22)21-8-4-6-10-23(21)24/h3-10,18-19,24H,11-17H2,1-2H3,(H,29,34)(H,30,31)(H,32,33). The molecule has 186 valence electrons. The second-order valence-electron chi connectivity index (χ2n) is 10.0. The summed E-state index contributed by atoms with van der Waals surface area (Å²) in [6, 6.07) is 16.3. The van der Waals surface area contributed by atoms with E-state index in [9.17, 15) is 19.5 Å². The average Bonchev–Trinajstić information content (AvgIpc) is 3.17. The van der Waals surface area contributed by atoms with E-state index in [-0.39, 0.29) is 25.0 Å². The number of nitrogens with one attached hydrogen (secondary N) is 2. The minimum absolute atomic E-state index is 0.0109. The van der Waals surface area contributed by atoms with Crippen LogP contribution in [-0.4, -0.2) is 41.8 Å². The number of aliphatic carboxylic acids is 1. The van der Waals surface area contributed by atoms with Crippen LogP contribution in [0.3, 0.4) is 0 Å². The van der Waals surface area contributed by atoms with Crippen molar-refractivity contribution in [3.8, 4) is 11.1 Å².